The Morgan fingerprint density at radius 1 is 1.20 bits per heavy atom. The van der Waals surface area contributed by atoms with E-state index in [4.69, 9.17) is 5.11 Å². The van der Waals surface area contributed by atoms with Crippen LogP contribution < -0.4 is 10.6 Å². The third-order valence-electron chi connectivity index (χ3n) is 3.36. The maximum atomic E-state index is 11.8. The van der Waals surface area contributed by atoms with Gasteiger partial charge in [0.15, 0.2) is 0 Å². The number of rotatable bonds is 10. The van der Waals surface area contributed by atoms with E-state index in [1.165, 1.54) is 0 Å². The van der Waals surface area contributed by atoms with E-state index in [1.54, 1.807) is 11.9 Å². The van der Waals surface area contributed by atoms with Gasteiger partial charge in [-0.2, -0.15) is 0 Å². The third-order valence-corrected chi connectivity index (χ3v) is 3.36. The Labute approximate surface area is 121 Å². The summed E-state index contributed by atoms with van der Waals surface area (Å²) in [5, 5.41) is 14.6. The Morgan fingerprint density at radius 3 is 2.40 bits per heavy atom. The molecule has 6 heteroatoms. The maximum Gasteiger partial charge on any atom is 0.317 e. The Bertz CT molecular complexity index is 306. The third kappa shape index (κ3) is 9.61. The van der Waals surface area contributed by atoms with Gasteiger partial charge in [0.2, 0.25) is 0 Å². The molecule has 0 saturated heterocycles. The molecule has 0 bridgehead atoms. The van der Waals surface area contributed by atoms with E-state index in [9.17, 15) is 9.59 Å². The van der Waals surface area contributed by atoms with Crippen LogP contribution in [-0.2, 0) is 4.79 Å². The predicted molar refractivity (Wildman–Crippen MR) is 79.8 cm³/mol. The van der Waals surface area contributed by atoms with Gasteiger partial charge < -0.3 is 20.6 Å². The summed E-state index contributed by atoms with van der Waals surface area (Å²) in [5.74, 6) is -0.772. The van der Waals surface area contributed by atoms with Gasteiger partial charge in [0.05, 0.1) is 0 Å². The Balaban J connectivity index is 3.86. The molecule has 0 unspecified atom stereocenters. The summed E-state index contributed by atoms with van der Waals surface area (Å²) in [6.45, 7) is 6.23. The van der Waals surface area contributed by atoms with E-state index in [0.717, 1.165) is 25.9 Å². The summed E-state index contributed by atoms with van der Waals surface area (Å²) >= 11 is 0. The number of carboxylic acids is 1. The monoisotopic (exact) mass is 287 g/mol. The van der Waals surface area contributed by atoms with Gasteiger partial charge in [-0.05, 0) is 38.3 Å². The summed E-state index contributed by atoms with van der Waals surface area (Å²) in [4.78, 5) is 24.0. The van der Waals surface area contributed by atoms with Gasteiger partial charge >= 0.3 is 12.0 Å². The van der Waals surface area contributed by atoms with Crippen molar-refractivity contribution in [1.82, 2.24) is 15.5 Å². The van der Waals surface area contributed by atoms with E-state index in [2.05, 4.69) is 10.6 Å². The van der Waals surface area contributed by atoms with Gasteiger partial charge in [0.25, 0.3) is 0 Å². The SMILES string of the molecule is CNCCCN(C)C(=O)NCCC(C)(C)CCC(=O)O. The van der Waals surface area contributed by atoms with E-state index >= 15 is 0 Å². The lowest BCUT2D eigenvalue weighted by Gasteiger charge is -2.25. The molecule has 0 heterocycles. The molecule has 0 atom stereocenters. The minimum atomic E-state index is -0.772. The van der Waals surface area contributed by atoms with Crippen molar-refractivity contribution in [2.45, 2.75) is 39.5 Å². The predicted octanol–water partition coefficient (Wildman–Crippen LogP) is 1.52. The summed E-state index contributed by atoms with van der Waals surface area (Å²) in [6.07, 6.45) is 2.49. The highest BCUT2D eigenvalue weighted by Crippen LogP contribution is 2.25. The lowest BCUT2D eigenvalue weighted by Crippen LogP contribution is -2.39. The van der Waals surface area contributed by atoms with Crippen LogP contribution >= 0.6 is 0 Å². The molecular formula is C14H29N3O3. The van der Waals surface area contributed by atoms with Gasteiger partial charge in [-0.15, -0.1) is 0 Å². The molecule has 20 heavy (non-hydrogen) atoms. The van der Waals surface area contributed by atoms with Gasteiger partial charge in [-0.25, -0.2) is 4.79 Å². The fourth-order valence-electron chi connectivity index (χ4n) is 1.81. The number of aliphatic carboxylic acids is 1. The van der Waals surface area contributed by atoms with Gasteiger partial charge in [0.1, 0.15) is 0 Å². The van der Waals surface area contributed by atoms with Crippen LogP contribution in [0.5, 0.6) is 0 Å². The van der Waals surface area contributed by atoms with Crippen LogP contribution in [0, 0.1) is 5.41 Å². The minimum absolute atomic E-state index is 0.0730. The first-order valence-corrected chi connectivity index (χ1v) is 7.14. The first-order valence-electron chi connectivity index (χ1n) is 7.14. The lowest BCUT2D eigenvalue weighted by molar-refractivity contribution is -0.137. The Hall–Kier alpha value is -1.30. The van der Waals surface area contributed by atoms with Crippen molar-refractivity contribution >= 4 is 12.0 Å². The largest absolute Gasteiger partial charge is 0.481 e. The minimum Gasteiger partial charge on any atom is -0.481 e. The second-order valence-corrected chi connectivity index (χ2v) is 5.92. The van der Waals surface area contributed by atoms with Crippen molar-refractivity contribution in [3.63, 3.8) is 0 Å². The number of nitrogens with zero attached hydrogens (tertiary/aromatic N) is 1. The molecule has 0 aromatic rings. The molecule has 0 spiro atoms. The van der Waals surface area contributed by atoms with E-state index in [1.807, 2.05) is 20.9 Å². The normalized spacial score (nSPS) is 11.2. The zero-order valence-corrected chi connectivity index (χ0v) is 13.2. The summed E-state index contributed by atoms with van der Waals surface area (Å²) in [7, 11) is 3.67. The number of carbonyl (C=O) groups excluding carboxylic acids is 1. The number of carbonyl (C=O) groups is 2. The molecule has 3 N–H and O–H groups in total. The summed E-state index contributed by atoms with van der Waals surface area (Å²) in [6, 6.07) is -0.0739. The topological polar surface area (TPSA) is 81.7 Å². The maximum absolute atomic E-state index is 11.8. The summed E-state index contributed by atoms with van der Waals surface area (Å²) < 4.78 is 0. The number of carboxylic acid groups (broad SMARTS) is 1. The Kier molecular flexibility index (Phi) is 8.96. The Morgan fingerprint density at radius 2 is 1.85 bits per heavy atom. The van der Waals surface area contributed by atoms with Gasteiger partial charge in [0, 0.05) is 26.6 Å². The van der Waals surface area contributed by atoms with Crippen molar-refractivity contribution < 1.29 is 14.7 Å². The standard InChI is InChI=1S/C14H29N3O3/c1-14(2,7-6-12(18)19)8-10-16-13(20)17(4)11-5-9-15-3/h15H,5-11H2,1-4H3,(H,16,20)(H,18,19). The zero-order chi connectivity index (χ0) is 15.6. The smallest absolute Gasteiger partial charge is 0.317 e. The quantitative estimate of drug-likeness (QED) is 0.532. The highest BCUT2D eigenvalue weighted by atomic mass is 16.4. The van der Waals surface area contributed by atoms with Crippen LogP contribution in [0.25, 0.3) is 0 Å². The molecule has 0 saturated carbocycles. The number of urea groups is 1. The molecule has 0 radical (unpaired) electrons. The molecule has 2 amide bonds. The van der Waals surface area contributed by atoms with Crippen LogP contribution in [0.4, 0.5) is 4.79 Å². The first kappa shape index (κ1) is 18.7. The molecule has 0 aliphatic heterocycles. The molecule has 0 rings (SSSR count). The van der Waals surface area contributed by atoms with Crippen LogP contribution in [0.15, 0.2) is 0 Å². The van der Waals surface area contributed by atoms with Crippen LogP contribution in [0.1, 0.15) is 39.5 Å². The van der Waals surface area contributed by atoms with Gasteiger partial charge in [-0.3, -0.25) is 4.79 Å². The van der Waals surface area contributed by atoms with E-state index < -0.39 is 5.97 Å². The molecule has 0 aromatic heterocycles. The van der Waals surface area contributed by atoms with Crippen LogP contribution in [0.3, 0.4) is 0 Å². The zero-order valence-electron chi connectivity index (χ0n) is 13.2. The number of nitrogens with one attached hydrogen (secondary N) is 2. The van der Waals surface area contributed by atoms with Crippen LogP contribution in [-0.4, -0.2) is 55.7 Å². The number of hydrogen-bond acceptors (Lipinski definition) is 3. The summed E-state index contributed by atoms with van der Waals surface area (Å²) in [5.41, 5.74) is -0.0730. The molecular weight excluding hydrogens is 258 g/mol. The second kappa shape index (κ2) is 9.58. The highest BCUT2D eigenvalue weighted by molar-refractivity contribution is 5.73. The van der Waals surface area contributed by atoms with E-state index in [-0.39, 0.29) is 17.9 Å². The van der Waals surface area contributed by atoms with Gasteiger partial charge in [-0.1, -0.05) is 13.8 Å². The molecule has 0 aromatic carbocycles. The number of hydrogen-bond donors (Lipinski definition) is 3. The van der Waals surface area contributed by atoms with Crippen LogP contribution in [0.2, 0.25) is 0 Å². The van der Waals surface area contributed by atoms with Crippen molar-refractivity contribution in [2.75, 3.05) is 33.7 Å². The average molecular weight is 287 g/mol. The van der Waals surface area contributed by atoms with Crippen molar-refractivity contribution in [3.05, 3.63) is 0 Å². The second-order valence-electron chi connectivity index (χ2n) is 5.92. The lowest BCUT2D eigenvalue weighted by atomic mass is 9.84. The first-order chi connectivity index (χ1) is 9.28. The van der Waals surface area contributed by atoms with Crippen molar-refractivity contribution in [1.29, 1.82) is 0 Å². The molecule has 0 aliphatic rings. The fourth-order valence-corrected chi connectivity index (χ4v) is 1.81. The molecule has 0 fully saturated rings. The average Bonchev–Trinajstić information content (AvgIpc) is 2.36. The van der Waals surface area contributed by atoms with Crippen molar-refractivity contribution in [3.8, 4) is 0 Å². The van der Waals surface area contributed by atoms with Crippen molar-refractivity contribution in [2.24, 2.45) is 5.41 Å². The van der Waals surface area contributed by atoms with E-state index in [0.29, 0.717) is 13.0 Å². The molecule has 6 nitrogen and oxygen atoms in total. The highest BCUT2D eigenvalue weighted by Gasteiger charge is 2.19. The molecule has 118 valence electrons. The fraction of sp³-hybridized carbons (Fsp3) is 0.857. The molecule has 0 aliphatic carbocycles. The number of amides is 2.